The molecule has 111 heavy (non-hydrogen) atoms. The highest BCUT2D eigenvalue weighted by molar-refractivity contribution is 5.90. The fourth-order valence-corrected chi connectivity index (χ4v) is 18.2. The van der Waals surface area contributed by atoms with Gasteiger partial charge in [0.1, 0.15) is 105 Å². The topological polar surface area (TPSA) is 122 Å². The summed E-state index contributed by atoms with van der Waals surface area (Å²) in [5, 5.41) is 0. The van der Waals surface area contributed by atoms with Gasteiger partial charge >= 0.3 is 0 Å². The Labute approximate surface area is 727 Å². The van der Waals surface area contributed by atoms with Crippen molar-refractivity contribution in [3.8, 4) is 0 Å². The Morgan fingerprint density at radius 3 is 0.486 bits per heavy atom. The molecule has 0 aliphatic carbocycles. The molecule has 0 aromatic rings. The smallest absolute Gasteiger partial charge is 0.278 e. The van der Waals surface area contributed by atoms with Crippen LogP contribution in [-0.4, -0.2) is 266 Å². The predicted molar refractivity (Wildman–Crippen MR) is 450 cm³/mol. The highest BCUT2D eigenvalue weighted by atomic mass is 79.9. The van der Waals surface area contributed by atoms with Crippen LogP contribution in [0.5, 0.6) is 0 Å². The zero-order valence-corrected chi connectivity index (χ0v) is 80.2. The lowest BCUT2D eigenvalue weighted by Crippen LogP contribution is -3.00. The Hall–Kier alpha value is -1.42. The molecule has 0 aromatic carbocycles. The number of quaternary nitrogens is 4. The average Bonchev–Trinajstić information content (AvgIpc) is 0.762. The molecule has 6 saturated heterocycles. The maximum Gasteiger partial charge on any atom is 0.278 e. The Balaban J connectivity index is 0.0000302. The number of amides is 6. The van der Waals surface area contributed by atoms with E-state index in [9.17, 15) is 19.2 Å². The van der Waals surface area contributed by atoms with Crippen LogP contribution in [0.2, 0.25) is 0 Å². The van der Waals surface area contributed by atoms with Crippen LogP contribution < -0.4 is 67.9 Å². The van der Waals surface area contributed by atoms with Crippen molar-refractivity contribution in [2.45, 2.75) is 370 Å². The van der Waals surface area contributed by atoms with E-state index >= 15 is 9.59 Å². The Kier molecular flexibility index (Phi) is 67.5. The zero-order chi connectivity index (χ0) is 77.4. The van der Waals surface area contributed by atoms with Gasteiger partial charge in [0.25, 0.3) is 11.8 Å². The summed E-state index contributed by atoms with van der Waals surface area (Å²) in [6.07, 6.45) is 57.1. The molecular formula is C91H178Br4N10O6. The van der Waals surface area contributed by atoms with Gasteiger partial charge in [0.05, 0.1) is 13.1 Å². The number of halogens is 4. The van der Waals surface area contributed by atoms with Crippen molar-refractivity contribution in [3.05, 3.63) is 0 Å². The summed E-state index contributed by atoms with van der Waals surface area (Å²) >= 11 is 0. The molecular weight excluding hydrogens is 1650 g/mol. The molecule has 656 valence electrons. The van der Waals surface area contributed by atoms with Gasteiger partial charge in [-0.25, -0.2) is 0 Å². The van der Waals surface area contributed by atoms with Crippen LogP contribution in [0.3, 0.4) is 0 Å². The summed E-state index contributed by atoms with van der Waals surface area (Å²) in [7, 11) is 0. The molecule has 6 aliphatic heterocycles. The normalized spacial score (nSPS) is 18.8. The number of unbranched alkanes of at least 4 members (excludes halogenated alkanes) is 40. The summed E-state index contributed by atoms with van der Waals surface area (Å²) in [6.45, 7) is 39.0. The van der Waals surface area contributed by atoms with E-state index in [4.69, 9.17) is 0 Å². The van der Waals surface area contributed by atoms with Gasteiger partial charge in [-0.1, -0.05) is 312 Å². The molecule has 0 atom stereocenters. The lowest BCUT2D eigenvalue weighted by atomic mass is 10.0. The first-order chi connectivity index (χ1) is 52.1. The summed E-state index contributed by atoms with van der Waals surface area (Å²) in [4.78, 5) is 102. The van der Waals surface area contributed by atoms with E-state index in [0.29, 0.717) is 13.1 Å². The fraction of sp³-hybridized carbons (Fsp3) is 0.934. The zero-order valence-electron chi connectivity index (χ0n) is 73.9. The van der Waals surface area contributed by atoms with Gasteiger partial charge in [-0.15, -0.1) is 0 Å². The molecule has 6 heterocycles. The largest absolute Gasteiger partial charge is 1.00 e. The maximum absolute atomic E-state index is 15.3. The Morgan fingerprint density at radius 1 is 0.180 bits per heavy atom. The van der Waals surface area contributed by atoms with Crippen molar-refractivity contribution in [2.75, 3.05) is 183 Å². The van der Waals surface area contributed by atoms with Crippen LogP contribution in [0, 0.1) is 0 Å². The van der Waals surface area contributed by atoms with Gasteiger partial charge in [0.2, 0.25) is 23.6 Å². The summed E-state index contributed by atoms with van der Waals surface area (Å²) < 4.78 is 3.78. The lowest BCUT2D eigenvalue weighted by Gasteiger charge is -2.57. The first-order valence-corrected chi connectivity index (χ1v) is 47.2. The minimum Gasteiger partial charge on any atom is -1.00 e. The SMILES string of the molecule is CCCCCCCCN(CCCCCCCC)C(=O)CN(CC(=O)N(CCCCCCCC)CCCCCCCC)C(=O)C[N+]12CC[N+](CCC[N+]34CC[N+](CC(=O)N(CC(=O)N(CCCCCCCC)CCCCCCCC)CC(=O)N(CCCCCCCC)CCCCCCCC)(CC3)CC4)(CC1)CC2.[Br-].[Br-].[Br-].[Br-]. The molecule has 0 saturated carbocycles. The van der Waals surface area contributed by atoms with E-state index in [1.807, 2.05) is 0 Å². The van der Waals surface area contributed by atoms with Crippen molar-refractivity contribution in [2.24, 2.45) is 0 Å². The summed E-state index contributed by atoms with van der Waals surface area (Å²) in [6, 6.07) is 0. The molecule has 6 aliphatic rings. The first-order valence-electron chi connectivity index (χ1n) is 47.2. The maximum atomic E-state index is 15.3. The van der Waals surface area contributed by atoms with E-state index in [1.54, 1.807) is 9.80 Å². The Bertz CT molecular complexity index is 1960. The van der Waals surface area contributed by atoms with Crippen molar-refractivity contribution >= 4 is 35.4 Å². The van der Waals surface area contributed by atoms with Crippen LogP contribution in [0.4, 0.5) is 0 Å². The van der Waals surface area contributed by atoms with Gasteiger partial charge in [-0.2, -0.15) is 0 Å². The second-order valence-corrected chi connectivity index (χ2v) is 35.3. The molecule has 0 N–H and O–H groups in total. The number of carbonyl (C=O) groups is 6. The second-order valence-electron chi connectivity index (χ2n) is 35.3. The van der Waals surface area contributed by atoms with Crippen molar-refractivity contribution in [1.29, 1.82) is 0 Å². The van der Waals surface area contributed by atoms with E-state index in [1.165, 1.54) is 205 Å². The lowest BCUT2D eigenvalue weighted by molar-refractivity contribution is -1.09. The van der Waals surface area contributed by atoms with Crippen molar-refractivity contribution < 1.29 is 115 Å². The average molecular weight is 1830 g/mol. The highest BCUT2D eigenvalue weighted by Gasteiger charge is 2.53. The predicted octanol–water partition coefficient (Wildman–Crippen LogP) is 6.57. The summed E-state index contributed by atoms with van der Waals surface area (Å²) in [5.74, 6) is 0.0355. The highest BCUT2D eigenvalue weighted by Crippen LogP contribution is 2.31. The first kappa shape index (κ1) is 110. The van der Waals surface area contributed by atoms with E-state index in [0.717, 1.165) is 271 Å². The number of nitrogens with zero attached hydrogens (tertiary/aromatic N) is 10. The molecule has 16 nitrogen and oxygen atoms in total. The van der Waals surface area contributed by atoms with Gasteiger partial charge in [-0.05, 0) is 51.4 Å². The third kappa shape index (κ3) is 46.7. The van der Waals surface area contributed by atoms with Crippen LogP contribution in [0.25, 0.3) is 0 Å². The molecule has 6 rings (SSSR count). The standard InChI is InChI=1S/C91H178N10O6.4BrH/c1-9-17-25-33-41-49-58-92(59-50-42-34-26-18-10-2)86(102)80-96(81-87(103)93(60-51-43-35-27-19-11-3)61-52-44-36-28-20-12-4)90(106)84-100-74-68-98(69-75-100,70-76-100)66-57-67-99-71-77-101(78-72-99,79-73-99)85-91(107)97(82-88(104)94(62-53-45-37-29-21-13-5)63-54-46-38-30-22-14-6)83-89(105)95(64-55-47-39-31-23-15-7)65-56-48-40-32-24-16-8;;;;/h9-85H2,1-8H3;4*1H/q+4;;;;/p-4. The molecule has 6 fully saturated rings. The number of hydrogen-bond donors (Lipinski definition) is 0. The minimum absolute atomic E-state index is 0. The molecule has 0 aromatic heterocycles. The van der Waals surface area contributed by atoms with E-state index in [2.05, 4.69) is 75.0 Å². The summed E-state index contributed by atoms with van der Waals surface area (Å²) in [5.41, 5.74) is 0. The molecule has 20 heteroatoms. The van der Waals surface area contributed by atoms with Gasteiger partial charge < -0.3 is 115 Å². The molecule has 0 unspecified atom stereocenters. The van der Waals surface area contributed by atoms with E-state index in [-0.39, 0.29) is 130 Å². The molecule has 6 amide bonds. The van der Waals surface area contributed by atoms with Gasteiger partial charge in [0, 0.05) is 58.8 Å². The Morgan fingerprint density at radius 2 is 0.324 bits per heavy atom. The van der Waals surface area contributed by atoms with Gasteiger partial charge in [-0.3, -0.25) is 28.8 Å². The molecule has 0 radical (unpaired) electrons. The number of piperazine rings is 6. The van der Waals surface area contributed by atoms with Crippen molar-refractivity contribution in [3.63, 3.8) is 0 Å². The third-order valence-electron chi connectivity index (χ3n) is 26.2. The fourth-order valence-electron chi connectivity index (χ4n) is 18.2. The van der Waals surface area contributed by atoms with Crippen LogP contribution in [0.1, 0.15) is 370 Å². The monoisotopic (exact) mass is 1820 g/mol. The second kappa shape index (κ2) is 68.4. The van der Waals surface area contributed by atoms with Gasteiger partial charge in [0.15, 0.2) is 13.1 Å². The number of fused-ring (bicyclic) bond motifs is 6. The quantitative estimate of drug-likeness (QED) is 0.0503. The molecule has 0 spiro atoms. The van der Waals surface area contributed by atoms with Crippen LogP contribution in [0.15, 0.2) is 0 Å². The van der Waals surface area contributed by atoms with Crippen LogP contribution in [-0.2, 0) is 28.8 Å². The number of carbonyl (C=O) groups excluding carboxylic acids is 6. The third-order valence-corrected chi connectivity index (χ3v) is 26.2. The number of rotatable bonds is 72. The van der Waals surface area contributed by atoms with E-state index < -0.39 is 0 Å². The molecule has 4 bridgehead atoms. The van der Waals surface area contributed by atoms with Crippen molar-refractivity contribution in [1.82, 2.24) is 29.4 Å². The number of hydrogen-bond acceptors (Lipinski definition) is 6. The minimum atomic E-state index is -0.0166. The van der Waals surface area contributed by atoms with Crippen LogP contribution >= 0.6 is 0 Å².